The van der Waals surface area contributed by atoms with Crippen LogP contribution in [0.15, 0.2) is 23.2 Å². The van der Waals surface area contributed by atoms with Crippen molar-refractivity contribution in [2.24, 2.45) is 10.7 Å². The number of hydrogen-bond acceptors (Lipinski definition) is 4. The van der Waals surface area contributed by atoms with Gasteiger partial charge in [0.1, 0.15) is 11.5 Å². The summed E-state index contributed by atoms with van der Waals surface area (Å²) in [5.41, 5.74) is 6.38. The molecule has 0 bridgehead atoms. The minimum atomic E-state index is -4.19. The summed E-state index contributed by atoms with van der Waals surface area (Å²) in [7, 11) is 4.48. The number of nitrogens with zero attached hydrogens (tertiary/aromatic N) is 2. The van der Waals surface area contributed by atoms with Crippen LogP contribution in [0.5, 0.6) is 11.5 Å². The van der Waals surface area contributed by atoms with Crippen LogP contribution in [0, 0.1) is 0 Å². The third-order valence-corrected chi connectivity index (χ3v) is 3.10. The molecule has 0 saturated carbocycles. The molecule has 0 saturated heterocycles. The first kappa shape index (κ1) is 23.6. The first-order chi connectivity index (χ1) is 11.2. The van der Waals surface area contributed by atoms with Gasteiger partial charge in [-0.25, -0.2) is 0 Å². The quantitative estimate of drug-likeness (QED) is 0.261. The van der Waals surface area contributed by atoms with E-state index in [0.717, 1.165) is 0 Å². The Morgan fingerprint density at radius 2 is 1.96 bits per heavy atom. The average molecular weight is 476 g/mol. The van der Waals surface area contributed by atoms with Gasteiger partial charge in [0.15, 0.2) is 5.96 Å². The molecule has 1 aromatic carbocycles. The highest BCUT2D eigenvalue weighted by Gasteiger charge is 2.28. The zero-order valence-corrected chi connectivity index (χ0v) is 16.7. The molecule has 0 spiro atoms. The zero-order valence-electron chi connectivity index (χ0n) is 14.4. The summed E-state index contributed by atoms with van der Waals surface area (Å²) in [5, 5.41) is 2.89. The molecule has 3 N–H and O–H groups in total. The van der Waals surface area contributed by atoms with E-state index in [2.05, 4.69) is 10.3 Å². The van der Waals surface area contributed by atoms with Crippen molar-refractivity contribution in [3.05, 3.63) is 18.2 Å². The van der Waals surface area contributed by atoms with Gasteiger partial charge >= 0.3 is 6.18 Å². The van der Waals surface area contributed by atoms with Crippen LogP contribution >= 0.6 is 24.0 Å². The monoisotopic (exact) mass is 476 g/mol. The van der Waals surface area contributed by atoms with Gasteiger partial charge in [0.2, 0.25) is 0 Å². The first-order valence-electron chi connectivity index (χ1n) is 7.29. The van der Waals surface area contributed by atoms with Crippen LogP contribution in [-0.2, 0) is 0 Å². The molecule has 0 amide bonds. The Kier molecular flexibility index (Phi) is 10.6. The SMILES string of the molecule is COc1ccc(OC)c(NC(N)=NCCCN(C)CC(F)(F)F)c1.I. The third-order valence-electron chi connectivity index (χ3n) is 3.10. The lowest BCUT2D eigenvalue weighted by molar-refractivity contribution is -0.143. The molecule has 25 heavy (non-hydrogen) atoms. The van der Waals surface area contributed by atoms with Gasteiger partial charge in [-0.2, -0.15) is 13.2 Å². The van der Waals surface area contributed by atoms with Gasteiger partial charge in [-0.15, -0.1) is 24.0 Å². The lowest BCUT2D eigenvalue weighted by Crippen LogP contribution is -2.32. The fraction of sp³-hybridized carbons (Fsp3) is 0.533. The summed E-state index contributed by atoms with van der Waals surface area (Å²) in [4.78, 5) is 5.30. The van der Waals surface area contributed by atoms with Gasteiger partial charge in [-0.3, -0.25) is 9.89 Å². The second kappa shape index (κ2) is 11.2. The molecule has 144 valence electrons. The molecular formula is C15H24F3IN4O2. The van der Waals surface area contributed by atoms with Gasteiger partial charge < -0.3 is 20.5 Å². The minimum Gasteiger partial charge on any atom is -0.497 e. The number of hydrogen-bond donors (Lipinski definition) is 2. The van der Waals surface area contributed by atoms with E-state index in [4.69, 9.17) is 15.2 Å². The highest BCUT2D eigenvalue weighted by atomic mass is 127. The molecule has 10 heteroatoms. The Morgan fingerprint density at radius 3 is 2.52 bits per heavy atom. The predicted molar refractivity (Wildman–Crippen MR) is 103 cm³/mol. The normalized spacial score (nSPS) is 11.9. The number of benzene rings is 1. The highest BCUT2D eigenvalue weighted by molar-refractivity contribution is 14.0. The van der Waals surface area contributed by atoms with E-state index in [9.17, 15) is 13.2 Å². The Morgan fingerprint density at radius 1 is 1.28 bits per heavy atom. The standard InChI is InChI=1S/C15H23F3N4O2.HI/c1-22(10-15(16,17)18)8-4-7-20-14(19)21-12-9-11(23-2)5-6-13(12)24-3;/h5-6,9H,4,7-8,10H2,1-3H3,(H3,19,20,21);1H. The van der Waals surface area contributed by atoms with Crippen molar-refractivity contribution in [1.29, 1.82) is 0 Å². The van der Waals surface area contributed by atoms with Crippen LogP contribution in [0.2, 0.25) is 0 Å². The van der Waals surface area contributed by atoms with Crippen LogP contribution in [0.4, 0.5) is 18.9 Å². The maximum absolute atomic E-state index is 12.2. The van der Waals surface area contributed by atoms with Gasteiger partial charge in [0.25, 0.3) is 0 Å². The van der Waals surface area contributed by atoms with Gasteiger partial charge in [0.05, 0.1) is 26.5 Å². The van der Waals surface area contributed by atoms with E-state index < -0.39 is 12.7 Å². The third kappa shape index (κ3) is 9.58. The predicted octanol–water partition coefficient (Wildman–Crippen LogP) is 2.93. The van der Waals surface area contributed by atoms with E-state index in [1.54, 1.807) is 25.3 Å². The van der Waals surface area contributed by atoms with Crippen LogP contribution in [-0.4, -0.2) is 57.9 Å². The summed E-state index contributed by atoms with van der Waals surface area (Å²) in [6, 6.07) is 5.17. The van der Waals surface area contributed by atoms with E-state index in [1.807, 2.05) is 0 Å². The molecule has 0 aliphatic heterocycles. The number of ether oxygens (including phenoxy) is 2. The number of rotatable bonds is 8. The number of methoxy groups -OCH3 is 2. The van der Waals surface area contributed by atoms with Crippen LogP contribution in [0.1, 0.15) is 6.42 Å². The van der Waals surface area contributed by atoms with Crippen molar-refractivity contribution < 1.29 is 22.6 Å². The summed E-state index contributed by atoms with van der Waals surface area (Å²) >= 11 is 0. The van der Waals surface area contributed by atoms with Crippen LogP contribution in [0.25, 0.3) is 0 Å². The lowest BCUT2D eigenvalue weighted by Gasteiger charge is -2.17. The molecule has 0 aliphatic rings. The summed E-state index contributed by atoms with van der Waals surface area (Å²) < 4.78 is 46.9. The molecule has 0 aliphatic carbocycles. The Hall–Kier alpha value is -1.43. The van der Waals surface area contributed by atoms with E-state index in [0.29, 0.717) is 30.2 Å². The Balaban J connectivity index is 0.00000576. The topological polar surface area (TPSA) is 72.1 Å². The molecule has 0 radical (unpaired) electrons. The number of nitrogens with one attached hydrogen (secondary N) is 1. The van der Waals surface area contributed by atoms with Crippen molar-refractivity contribution in [1.82, 2.24) is 4.90 Å². The Labute approximate surface area is 162 Å². The fourth-order valence-corrected chi connectivity index (χ4v) is 2.01. The van der Waals surface area contributed by atoms with Crippen molar-refractivity contribution in [3.63, 3.8) is 0 Å². The highest BCUT2D eigenvalue weighted by Crippen LogP contribution is 2.28. The number of halogens is 4. The van der Waals surface area contributed by atoms with Gasteiger partial charge in [-0.1, -0.05) is 0 Å². The number of alkyl halides is 3. The smallest absolute Gasteiger partial charge is 0.401 e. The minimum absolute atomic E-state index is 0. The molecule has 0 fully saturated rings. The van der Waals surface area contributed by atoms with Crippen molar-refractivity contribution in [2.75, 3.05) is 46.2 Å². The second-order valence-electron chi connectivity index (χ2n) is 5.16. The fourth-order valence-electron chi connectivity index (χ4n) is 2.01. The number of aliphatic imine (C=N–C) groups is 1. The maximum Gasteiger partial charge on any atom is 0.401 e. The largest absolute Gasteiger partial charge is 0.497 e. The number of anilines is 1. The summed E-state index contributed by atoms with van der Waals surface area (Å²) in [6.07, 6.45) is -3.73. The molecule has 0 aromatic heterocycles. The van der Waals surface area contributed by atoms with Crippen LogP contribution in [0.3, 0.4) is 0 Å². The summed E-state index contributed by atoms with van der Waals surface area (Å²) in [6.45, 7) is -0.350. The van der Waals surface area contributed by atoms with Crippen LogP contribution < -0.4 is 20.5 Å². The molecule has 1 rings (SSSR count). The number of nitrogens with two attached hydrogens (primary N) is 1. The van der Waals surface area contributed by atoms with E-state index >= 15 is 0 Å². The molecule has 0 atom stereocenters. The average Bonchev–Trinajstić information content (AvgIpc) is 2.49. The molecule has 1 aromatic rings. The molecular weight excluding hydrogens is 452 g/mol. The van der Waals surface area contributed by atoms with Crippen molar-refractivity contribution in [3.8, 4) is 11.5 Å². The van der Waals surface area contributed by atoms with Crippen molar-refractivity contribution in [2.45, 2.75) is 12.6 Å². The summed E-state index contributed by atoms with van der Waals surface area (Å²) in [5.74, 6) is 1.35. The molecule has 6 nitrogen and oxygen atoms in total. The zero-order chi connectivity index (χ0) is 18.2. The maximum atomic E-state index is 12.2. The number of guanidine groups is 1. The van der Waals surface area contributed by atoms with E-state index in [1.165, 1.54) is 19.1 Å². The molecule has 0 unspecified atom stereocenters. The van der Waals surface area contributed by atoms with Gasteiger partial charge in [-0.05, 0) is 32.1 Å². The van der Waals surface area contributed by atoms with E-state index in [-0.39, 0.29) is 36.5 Å². The second-order valence-corrected chi connectivity index (χ2v) is 5.16. The van der Waals surface area contributed by atoms with Gasteiger partial charge in [0, 0.05) is 12.6 Å². The first-order valence-corrected chi connectivity index (χ1v) is 7.29. The molecule has 0 heterocycles. The lowest BCUT2D eigenvalue weighted by atomic mass is 10.2. The van der Waals surface area contributed by atoms with Crippen molar-refractivity contribution >= 4 is 35.6 Å². The Bertz CT molecular complexity index is 556.